The molecule has 1 aliphatic heterocycles. The molecular formula is C9H5F2NO2. The van der Waals surface area contributed by atoms with Gasteiger partial charge >= 0.3 is 0 Å². The molecule has 0 radical (unpaired) electrons. The molecule has 2 rings (SSSR count). The number of fused-ring (bicyclic) bond motifs is 1. The molecule has 0 saturated heterocycles. The first-order valence-electron chi connectivity index (χ1n) is 3.84. The summed E-state index contributed by atoms with van der Waals surface area (Å²) in [6.45, 7) is 0. The quantitative estimate of drug-likeness (QED) is 0.584. The van der Waals surface area contributed by atoms with Crippen molar-refractivity contribution in [2.45, 2.75) is 0 Å². The number of anilines is 1. The number of hydrogen-bond donors (Lipinski definition) is 0. The molecule has 1 aliphatic rings. The van der Waals surface area contributed by atoms with Crippen LogP contribution in [0.2, 0.25) is 0 Å². The molecular weight excluding hydrogens is 192 g/mol. The van der Waals surface area contributed by atoms with Crippen LogP contribution in [0.4, 0.5) is 14.5 Å². The number of likely N-dealkylation sites (N-methyl/N-ethyl adjacent to an activating group) is 1. The van der Waals surface area contributed by atoms with Crippen LogP contribution in [0.25, 0.3) is 0 Å². The van der Waals surface area contributed by atoms with Gasteiger partial charge in [-0.2, -0.15) is 0 Å². The van der Waals surface area contributed by atoms with Gasteiger partial charge < -0.3 is 4.90 Å². The van der Waals surface area contributed by atoms with Crippen LogP contribution in [0.15, 0.2) is 12.1 Å². The van der Waals surface area contributed by atoms with Gasteiger partial charge in [0.05, 0.1) is 11.3 Å². The Bertz CT molecular complexity index is 456. The van der Waals surface area contributed by atoms with E-state index in [0.717, 1.165) is 17.0 Å². The zero-order chi connectivity index (χ0) is 10.5. The van der Waals surface area contributed by atoms with E-state index >= 15 is 0 Å². The van der Waals surface area contributed by atoms with Crippen LogP contribution >= 0.6 is 0 Å². The molecule has 0 spiro atoms. The standard InChI is InChI=1S/C9H5F2NO2/c1-12-7-3-6(11)5(10)2-4(7)8(13)9(12)14/h2-3H,1H3. The van der Waals surface area contributed by atoms with Gasteiger partial charge in [-0.15, -0.1) is 0 Å². The zero-order valence-corrected chi connectivity index (χ0v) is 7.17. The number of carbonyl (C=O) groups is 2. The molecule has 0 aromatic heterocycles. The van der Waals surface area contributed by atoms with Crippen molar-refractivity contribution in [3.63, 3.8) is 0 Å². The molecule has 1 heterocycles. The minimum absolute atomic E-state index is 0.0867. The van der Waals surface area contributed by atoms with Gasteiger partial charge in [0.1, 0.15) is 0 Å². The molecule has 14 heavy (non-hydrogen) atoms. The van der Waals surface area contributed by atoms with E-state index in [1.54, 1.807) is 0 Å². The lowest BCUT2D eigenvalue weighted by molar-refractivity contribution is -0.114. The second kappa shape index (κ2) is 2.60. The van der Waals surface area contributed by atoms with Gasteiger partial charge in [-0.05, 0) is 6.07 Å². The van der Waals surface area contributed by atoms with E-state index in [0.29, 0.717) is 0 Å². The summed E-state index contributed by atoms with van der Waals surface area (Å²) in [7, 11) is 1.34. The summed E-state index contributed by atoms with van der Waals surface area (Å²) in [5, 5.41) is 0. The summed E-state index contributed by atoms with van der Waals surface area (Å²) >= 11 is 0. The van der Waals surface area contributed by atoms with Gasteiger partial charge in [0, 0.05) is 13.1 Å². The molecule has 0 saturated carbocycles. The Labute approximate surface area is 77.9 Å². The minimum Gasteiger partial charge on any atom is -0.308 e. The molecule has 1 aromatic rings. The van der Waals surface area contributed by atoms with Gasteiger partial charge in [-0.1, -0.05) is 0 Å². The summed E-state index contributed by atoms with van der Waals surface area (Å²) in [5.41, 5.74) is 0.0234. The predicted molar refractivity (Wildman–Crippen MR) is 44.1 cm³/mol. The number of benzene rings is 1. The lowest BCUT2D eigenvalue weighted by atomic mass is 10.1. The zero-order valence-electron chi connectivity index (χ0n) is 7.17. The Kier molecular flexibility index (Phi) is 1.64. The van der Waals surface area contributed by atoms with E-state index in [2.05, 4.69) is 0 Å². The highest BCUT2D eigenvalue weighted by Crippen LogP contribution is 2.29. The average molecular weight is 197 g/mol. The van der Waals surface area contributed by atoms with Gasteiger partial charge in [-0.3, -0.25) is 9.59 Å². The fourth-order valence-corrected chi connectivity index (χ4v) is 1.37. The Hall–Kier alpha value is -1.78. The number of carbonyl (C=O) groups excluding carboxylic acids is 2. The van der Waals surface area contributed by atoms with Crippen LogP contribution in [0.3, 0.4) is 0 Å². The second-order valence-corrected chi connectivity index (χ2v) is 2.98. The van der Waals surface area contributed by atoms with Gasteiger partial charge in [0.15, 0.2) is 11.6 Å². The third-order valence-electron chi connectivity index (χ3n) is 2.14. The largest absolute Gasteiger partial charge is 0.308 e. The SMILES string of the molecule is CN1C(=O)C(=O)c2cc(F)c(F)cc21. The number of halogens is 2. The maximum Gasteiger partial charge on any atom is 0.299 e. The van der Waals surface area contributed by atoms with Crippen molar-refractivity contribution in [3.8, 4) is 0 Å². The fourth-order valence-electron chi connectivity index (χ4n) is 1.37. The Morgan fingerprint density at radius 1 is 1.14 bits per heavy atom. The molecule has 1 aromatic carbocycles. The van der Waals surface area contributed by atoms with Crippen LogP contribution in [0.5, 0.6) is 0 Å². The van der Waals surface area contributed by atoms with Crippen molar-refractivity contribution in [1.82, 2.24) is 0 Å². The number of hydrogen-bond acceptors (Lipinski definition) is 2. The van der Waals surface area contributed by atoms with Gasteiger partial charge in [0.25, 0.3) is 11.7 Å². The van der Waals surface area contributed by atoms with E-state index in [1.807, 2.05) is 0 Å². The summed E-state index contributed by atoms with van der Waals surface area (Å²) in [5.74, 6) is -3.77. The summed E-state index contributed by atoms with van der Waals surface area (Å²) in [6.07, 6.45) is 0. The third-order valence-corrected chi connectivity index (χ3v) is 2.14. The fraction of sp³-hybridized carbons (Fsp3) is 0.111. The van der Waals surface area contributed by atoms with Crippen LogP contribution in [-0.2, 0) is 4.79 Å². The van der Waals surface area contributed by atoms with Crippen LogP contribution in [0, 0.1) is 11.6 Å². The molecule has 0 fully saturated rings. The van der Waals surface area contributed by atoms with E-state index in [1.165, 1.54) is 7.05 Å². The van der Waals surface area contributed by atoms with E-state index < -0.39 is 23.3 Å². The third kappa shape index (κ3) is 0.951. The highest BCUT2D eigenvalue weighted by Gasteiger charge is 2.34. The Morgan fingerprint density at radius 3 is 2.36 bits per heavy atom. The monoisotopic (exact) mass is 197 g/mol. The average Bonchev–Trinajstić information content (AvgIpc) is 2.34. The first-order chi connectivity index (χ1) is 6.52. The number of rotatable bonds is 0. The van der Waals surface area contributed by atoms with Gasteiger partial charge in [-0.25, -0.2) is 8.78 Å². The molecule has 0 bridgehead atoms. The number of nitrogens with zero attached hydrogens (tertiary/aromatic N) is 1. The normalized spacial score (nSPS) is 14.9. The van der Waals surface area contributed by atoms with Crippen molar-refractivity contribution in [1.29, 1.82) is 0 Å². The minimum atomic E-state index is -1.12. The van der Waals surface area contributed by atoms with Crippen molar-refractivity contribution < 1.29 is 18.4 Å². The lowest BCUT2D eigenvalue weighted by Crippen LogP contribution is -2.24. The topological polar surface area (TPSA) is 37.4 Å². The van der Waals surface area contributed by atoms with Crippen LogP contribution < -0.4 is 4.90 Å². The number of amides is 1. The lowest BCUT2D eigenvalue weighted by Gasteiger charge is -2.07. The predicted octanol–water partition coefficient (Wildman–Crippen LogP) is 1.12. The van der Waals surface area contributed by atoms with Crippen molar-refractivity contribution in [2.75, 3.05) is 11.9 Å². The smallest absolute Gasteiger partial charge is 0.299 e. The van der Waals surface area contributed by atoms with Crippen molar-refractivity contribution in [3.05, 3.63) is 29.3 Å². The molecule has 0 N–H and O–H groups in total. The molecule has 1 amide bonds. The first-order valence-corrected chi connectivity index (χ1v) is 3.84. The number of Topliss-reactive ketones (excluding diaryl/α,β-unsaturated/α-hetero) is 1. The summed E-state index contributed by atoms with van der Waals surface area (Å²) in [4.78, 5) is 23.3. The molecule has 5 heteroatoms. The van der Waals surface area contributed by atoms with E-state index in [-0.39, 0.29) is 11.3 Å². The van der Waals surface area contributed by atoms with Crippen molar-refractivity contribution >= 4 is 17.4 Å². The molecule has 3 nitrogen and oxygen atoms in total. The first kappa shape index (κ1) is 8.80. The van der Waals surface area contributed by atoms with Crippen LogP contribution in [-0.4, -0.2) is 18.7 Å². The van der Waals surface area contributed by atoms with E-state index in [4.69, 9.17) is 0 Å². The van der Waals surface area contributed by atoms with Gasteiger partial charge in [0.2, 0.25) is 0 Å². The molecule has 0 atom stereocenters. The maximum absolute atomic E-state index is 12.8. The summed E-state index contributed by atoms with van der Waals surface area (Å²) < 4.78 is 25.5. The Balaban J connectivity index is 2.71. The maximum atomic E-state index is 12.8. The molecule has 0 aliphatic carbocycles. The highest BCUT2D eigenvalue weighted by atomic mass is 19.2. The summed E-state index contributed by atoms with van der Waals surface area (Å²) in [6, 6.07) is 1.59. The van der Waals surface area contributed by atoms with Crippen molar-refractivity contribution in [2.24, 2.45) is 0 Å². The molecule has 72 valence electrons. The highest BCUT2D eigenvalue weighted by molar-refractivity contribution is 6.52. The Morgan fingerprint density at radius 2 is 1.71 bits per heavy atom. The van der Waals surface area contributed by atoms with Crippen LogP contribution in [0.1, 0.15) is 10.4 Å². The van der Waals surface area contributed by atoms with E-state index in [9.17, 15) is 18.4 Å². The second-order valence-electron chi connectivity index (χ2n) is 2.98. The molecule has 0 unspecified atom stereocenters. The number of ketones is 1.